The van der Waals surface area contributed by atoms with Gasteiger partial charge in [0.1, 0.15) is 0 Å². The minimum Gasteiger partial charge on any atom is -0.330 e. The lowest BCUT2D eigenvalue weighted by atomic mass is 9.87. The minimum atomic E-state index is 0.654. The van der Waals surface area contributed by atoms with Crippen LogP contribution in [0.5, 0.6) is 0 Å². The second kappa shape index (κ2) is 6.34. The summed E-state index contributed by atoms with van der Waals surface area (Å²) in [6, 6.07) is 2.14. The van der Waals surface area contributed by atoms with Crippen molar-refractivity contribution in [3.63, 3.8) is 0 Å². The first-order valence-corrected chi connectivity index (χ1v) is 7.17. The molecule has 1 aliphatic rings. The predicted molar refractivity (Wildman–Crippen MR) is 74.1 cm³/mol. The lowest BCUT2D eigenvalue weighted by molar-refractivity contribution is 0.123. The third kappa shape index (κ3) is 3.12. The molecule has 102 valence electrons. The van der Waals surface area contributed by atoms with Gasteiger partial charge in [-0.3, -0.25) is 9.58 Å². The number of likely N-dealkylation sites (tertiary alicyclic amines) is 1. The zero-order valence-corrected chi connectivity index (χ0v) is 11.7. The molecule has 0 aromatic carbocycles. The molecule has 0 saturated carbocycles. The van der Waals surface area contributed by atoms with E-state index in [1.807, 2.05) is 6.20 Å². The van der Waals surface area contributed by atoms with Crippen molar-refractivity contribution in [2.75, 3.05) is 19.6 Å². The molecule has 0 radical (unpaired) electrons. The van der Waals surface area contributed by atoms with Gasteiger partial charge in [-0.2, -0.15) is 5.10 Å². The van der Waals surface area contributed by atoms with Gasteiger partial charge in [0, 0.05) is 25.8 Å². The summed E-state index contributed by atoms with van der Waals surface area (Å²) in [6.07, 6.45) is 4.32. The standard InChI is InChI=1S/C14H26N4/c1-3-7-18-14(4-6-16-18)11-17-8-5-12(2)13(9-15)10-17/h4,6,12-13H,3,5,7-11,15H2,1-2H3. The molecule has 2 rings (SSSR count). The van der Waals surface area contributed by atoms with Gasteiger partial charge in [0.05, 0.1) is 5.69 Å². The molecule has 1 fully saturated rings. The number of rotatable bonds is 5. The average molecular weight is 250 g/mol. The maximum absolute atomic E-state index is 5.86. The molecule has 1 saturated heterocycles. The number of piperidine rings is 1. The highest BCUT2D eigenvalue weighted by Crippen LogP contribution is 2.23. The van der Waals surface area contributed by atoms with E-state index < -0.39 is 0 Å². The number of hydrogen-bond donors (Lipinski definition) is 1. The van der Waals surface area contributed by atoms with Crippen LogP contribution in [0, 0.1) is 11.8 Å². The Bertz CT molecular complexity index is 360. The van der Waals surface area contributed by atoms with Gasteiger partial charge in [-0.1, -0.05) is 13.8 Å². The summed E-state index contributed by atoms with van der Waals surface area (Å²) in [5, 5.41) is 4.39. The van der Waals surface area contributed by atoms with Gasteiger partial charge in [0.15, 0.2) is 0 Å². The Morgan fingerprint density at radius 2 is 2.33 bits per heavy atom. The van der Waals surface area contributed by atoms with E-state index in [0.717, 1.165) is 38.5 Å². The van der Waals surface area contributed by atoms with E-state index in [1.165, 1.54) is 18.7 Å². The van der Waals surface area contributed by atoms with Crippen LogP contribution in [0.3, 0.4) is 0 Å². The molecule has 2 N–H and O–H groups in total. The second-order valence-electron chi connectivity index (χ2n) is 5.54. The smallest absolute Gasteiger partial charge is 0.0524 e. The molecule has 4 nitrogen and oxygen atoms in total. The van der Waals surface area contributed by atoms with Crippen molar-refractivity contribution in [1.82, 2.24) is 14.7 Å². The molecule has 0 spiro atoms. The van der Waals surface area contributed by atoms with Gasteiger partial charge in [0.25, 0.3) is 0 Å². The van der Waals surface area contributed by atoms with Crippen LogP contribution >= 0.6 is 0 Å². The molecule has 1 aromatic heterocycles. The number of nitrogens with two attached hydrogens (primary N) is 1. The fraction of sp³-hybridized carbons (Fsp3) is 0.786. The van der Waals surface area contributed by atoms with E-state index in [9.17, 15) is 0 Å². The summed E-state index contributed by atoms with van der Waals surface area (Å²) in [5.74, 6) is 1.42. The first-order chi connectivity index (χ1) is 8.74. The summed E-state index contributed by atoms with van der Waals surface area (Å²) < 4.78 is 2.13. The molecule has 1 aromatic rings. The number of aryl methyl sites for hydroxylation is 1. The topological polar surface area (TPSA) is 47.1 Å². The molecule has 4 heteroatoms. The van der Waals surface area contributed by atoms with E-state index in [1.54, 1.807) is 0 Å². The normalized spacial score (nSPS) is 25.5. The summed E-state index contributed by atoms with van der Waals surface area (Å²) >= 11 is 0. The molecule has 0 bridgehead atoms. The van der Waals surface area contributed by atoms with Gasteiger partial charge in [-0.15, -0.1) is 0 Å². The van der Waals surface area contributed by atoms with E-state index in [0.29, 0.717) is 5.92 Å². The van der Waals surface area contributed by atoms with Crippen molar-refractivity contribution in [3.05, 3.63) is 18.0 Å². The lowest BCUT2D eigenvalue weighted by Crippen LogP contribution is -2.42. The van der Waals surface area contributed by atoms with E-state index in [2.05, 4.69) is 34.6 Å². The molecule has 0 amide bonds. The average Bonchev–Trinajstić information content (AvgIpc) is 2.80. The third-order valence-corrected chi connectivity index (χ3v) is 4.13. The van der Waals surface area contributed by atoms with Crippen molar-refractivity contribution in [3.8, 4) is 0 Å². The van der Waals surface area contributed by atoms with Crippen molar-refractivity contribution in [2.24, 2.45) is 17.6 Å². The molecule has 2 unspecified atom stereocenters. The Morgan fingerprint density at radius 3 is 3.06 bits per heavy atom. The van der Waals surface area contributed by atoms with Gasteiger partial charge in [0.2, 0.25) is 0 Å². The van der Waals surface area contributed by atoms with Crippen LogP contribution < -0.4 is 5.73 Å². The molecule has 18 heavy (non-hydrogen) atoms. The monoisotopic (exact) mass is 250 g/mol. The van der Waals surface area contributed by atoms with Crippen molar-refractivity contribution >= 4 is 0 Å². The fourth-order valence-corrected chi connectivity index (χ4v) is 2.81. The van der Waals surface area contributed by atoms with E-state index in [-0.39, 0.29) is 0 Å². The maximum atomic E-state index is 5.86. The highest BCUT2D eigenvalue weighted by Gasteiger charge is 2.25. The minimum absolute atomic E-state index is 0.654. The van der Waals surface area contributed by atoms with Crippen molar-refractivity contribution in [2.45, 2.75) is 39.8 Å². The summed E-state index contributed by atoms with van der Waals surface area (Å²) in [6.45, 7) is 9.70. The van der Waals surface area contributed by atoms with E-state index in [4.69, 9.17) is 5.73 Å². The Hall–Kier alpha value is -0.870. The number of aromatic nitrogens is 2. The van der Waals surface area contributed by atoms with Crippen LogP contribution in [0.2, 0.25) is 0 Å². The highest BCUT2D eigenvalue weighted by atomic mass is 15.3. The molecule has 2 atom stereocenters. The largest absolute Gasteiger partial charge is 0.330 e. The Kier molecular flexibility index (Phi) is 4.78. The molecular weight excluding hydrogens is 224 g/mol. The van der Waals surface area contributed by atoms with Gasteiger partial charge < -0.3 is 5.73 Å². The van der Waals surface area contributed by atoms with Crippen LogP contribution in [-0.2, 0) is 13.1 Å². The Morgan fingerprint density at radius 1 is 1.50 bits per heavy atom. The molecule has 1 aliphatic heterocycles. The second-order valence-corrected chi connectivity index (χ2v) is 5.54. The van der Waals surface area contributed by atoms with Crippen LogP contribution in [0.15, 0.2) is 12.3 Å². The summed E-state index contributed by atoms with van der Waals surface area (Å²) in [5.41, 5.74) is 7.20. The fourth-order valence-electron chi connectivity index (χ4n) is 2.81. The van der Waals surface area contributed by atoms with Gasteiger partial charge in [-0.25, -0.2) is 0 Å². The number of nitrogens with zero attached hydrogens (tertiary/aromatic N) is 3. The van der Waals surface area contributed by atoms with Crippen molar-refractivity contribution < 1.29 is 0 Å². The molecular formula is C14H26N4. The molecule has 0 aliphatic carbocycles. The van der Waals surface area contributed by atoms with Crippen LogP contribution in [0.25, 0.3) is 0 Å². The number of hydrogen-bond acceptors (Lipinski definition) is 3. The Labute approximate surface area is 110 Å². The summed E-state index contributed by atoms with van der Waals surface area (Å²) in [4.78, 5) is 2.53. The van der Waals surface area contributed by atoms with E-state index >= 15 is 0 Å². The lowest BCUT2D eigenvalue weighted by Gasteiger charge is -2.36. The zero-order chi connectivity index (χ0) is 13.0. The third-order valence-electron chi connectivity index (χ3n) is 4.13. The predicted octanol–water partition coefficient (Wildman–Crippen LogP) is 1.71. The first kappa shape index (κ1) is 13.6. The quantitative estimate of drug-likeness (QED) is 0.865. The van der Waals surface area contributed by atoms with Crippen LogP contribution in [-0.4, -0.2) is 34.3 Å². The Balaban J connectivity index is 1.94. The van der Waals surface area contributed by atoms with Gasteiger partial charge in [-0.05, 0) is 43.8 Å². The first-order valence-electron chi connectivity index (χ1n) is 7.17. The van der Waals surface area contributed by atoms with Crippen LogP contribution in [0.1, 0.15) is 32.4 Å². The molecule has 2 heterocycles. The maximum Gasteiger partial charge on any atom is 0.0524 e. The zero-order valence-electron chi connectivity index (χ0n) is 11.7. The van der Waals surface area contributed by atoms with Crippen LogP contribution in [0.4, 0.5) is 0 Å². The van der Waals surface area contributed by atoms with Gasteiger partial charge >= 0.3 is 0 Å². The highest BCUT2D eigenvalue weighted by molar-refractivity contribution is 5.01. The SMILES string of the molecule is CCCn1nccc1CN1CCC(C)C(CN)C1. The van der Waals surface area contributed by atoms with Crippen molar-refractivity contribution in [1.29, 1.82) is 0 Å². The summed E-state index contributed by atoms with van der Waals surface area (Å²) in [7, 11) is 0.